The van der Waals surface area contributed by atoms with Crippen molar-refractivity contribution in [1.29, 1.82) is 0 Å². The summed E-state index contributed by atoms with van der Waals surface area (Å²) in [5, 5.41) is 14.4. The minimum absolute atomic E-state index is 0.242. The number of amides is 1. The van der Waals surface area contributed by atoms with Gasteiger partial charge in [0.25, 0.3) is 11.6 Å². The van der Waals surface area contributed by atoms with Gasteiger partial charge in [0, 0.05) is 17.9 Å². The van der Waals surface area contributed by atoms with E-state index in [1.165, 1.54) is 0 Å². The van der Waals surface area contributed by atoms with Crippen molar-refractivity contribution in [1.82, 2.24) is 5.32 Å². The van der Waals surface area contributed by atoms with Gasteiger partial charge in [-0.25, -0.2) is 4.39 Å². The summed E-state index contributed by atoms with van der Waals surface area (Å²) in [5.41, 5.74) is -0.629. The summed E-state index contributed by atoms with van der Waals surface area (Å²) in [4.78, 5) is 22.2. The predicted octanol–water partition coefficient (Wildman–Crippen LogP) is 3.67. The summed E-state index contributed by atoms with van der Waals surface area (Å²) in [7, 11) is 0. The Labute approximate surface area is 131 Å². The van der Waals surface area contributed by atoms with Crippen LogP contribution in [-0.4, -0.2) is 22.7 Å². The number of rotatable bonds is 8. The number of halogens is 2. The monoisotopic (exact) mass is 360 g/mol. The lowest BCUT2D eigenvalue weighted by Crippen LogP contribution is -2.30. The van der Waals surface area contributed by atoms with Gasteiger partial charge in [-0.05, 0) is 30.9 Å². The molecule has 0 aliphatic rings. The summed E-state index contributed by atoms with van der Waals surface area (Å²) < 4.78 is 13.2. The average Bonchev–Trinajstić information content (AvgIpc) is 2.44. The Kier molecular flexibility index (Phi) is 7.28. The smallest absolute Gasteiger partial charge is 0.282 e. The quantitative estimate of drug-likeness (QED) is 0.436. The molecule has 1 aromatic rings. The molecule has 0 aliphatic carbocycles. The van der Waals surface area contributed by atoms with E-state index < -0.39 is 16.6 Å². The summed E-state index contributed by atoms with van der Waals surface area (Å²) in [6.45, 7) is 2.48. The highest BCUT2D eigenvalue weighted by Crippen LogP contribution is 2.20. The second-order valence-corrected chi connectivity index (χ2v) is 5.55. The summed E-state index contributed by atoms with van der Waals surface area (Å²) in [5.74, 6) is -0.987. The standard InChI is InChI=1S/C14H18BrFN2O3/c1-2-3-10(6-7-15)9-17-14(19)12-8-11(16)4-5-13(12)18(20)21/h4-5,8,10H,2-3,6-7,9H2,1H3,(H,17,19). The first kappa shape index (κ1) is 17.6. The van der Waals surface area contributed by atoms with Gasteiger partial charge in [-0.2, -0.15) is 0 Å². The summed E-state index contributed by atoms with van der Waals surface area (Å²) in [6, 6.07) is 2.87. The van der Waals surface area contributed by atoms with Crippen molar-refractivity contribution in [2.24, 2.45) is 5.92 Å². The molecule has 0 aromatic heterocycles. The lowest BCUT2D eigenvalue weighted by molar-refractivity contribution is -0.385. The largest absolute Gasteiger partial charge is 0.352 e. The molecule has 0 bridgehead atoms. The van der Waals surface area contributed by atoms with Crippen LogP contribution >= 0.6 is 15.9 Å². The Balaban J connectivity index is 2.79. The normalized spacial score (nSPS) is 12.0. The van der Waals surface area contributed by atoms with Crippen molar-refractivity contribution in [3.8, 4) is 0 Å². The van der Waals surface area contributed by atoms with Crippen LogP contribution in [0.25, 0.3) is 0 Å². The molecule has 1 rings (SSSR count). The van der Waals surface area contributed by atoms with Crippen molar-refractivity contribution in [2.75, 3.05) is 11.9 Å². The first-order valence-corrected chi connectivity index (χ1v) is 7.89. The van der Waals surface area contributed by atoms with Gasteiger partial charge in [0.2, 0.25) is 0 Å². The van der Waals surface area contributed by atoms with E-state index >= 15 is 0 Å². The predicted molar refractivity (Wildman–Crippen MR) is 82.2 cm³/mol. The molecule has 5 nitrogen and oxygen atoms in total. The van der Waals surface area contributed by atoms with E-state index in [4.69, 9.17) is 0 Å². The van der Waals surface area contributed by atoms with Gasteiger partial charge in [0.15, 0.2) is 0 Å². The second kappa shape index (κ2) is 8.71. The van der Waals surface area contributed by atoms with Crippen LogP contribution in [0.2, 0.25) is 0 Å². The van der Waals surface area contributed by atoms with E-state index in [2.05, 4.69) is 28.2 Å². The number of nitrogens with zero attached hydrogens (tertiary/aromatic N) is 1. The highest BCUT2D eigenvalue weighted by atomic mass is 79.9. The third-order valence-corrected chi connectivity index (χ3v) is 3.62. The first-order chi connectivity index (χ1) is 9.99. The molecule has 0 aliphatic heterocycles. The Bertz CT molecular complexity index is 505. The minimum atomic E-state index is -0.684. The summed E-state index contributed by atoms with van der Waals surface area (Å²) in [6.07, 6.45) is 2.85. The third-order valence-electron chi connectivity index (χ3n) is 3.17. The Morgan fingerprint density at radius 1 is 1.48 bits per heavy atom. The Hall–Kier alpha value is -1.50. The van der Waals surface area contributed by atoms with Gasteiger partial charge in [-0.1, -0.05) is 29.3 Å². The fourth-order valence-electron chi connectivity index (χ4n) is 2.09. The van der Waals surface area contributed by atoms with E-state index in [-0.39, 0.29) is 11.3 Å². The zero-order valence-electron chi connectivity index (χ0n) is 11.8. The number of hydrogen-bond acceptors (Lipinski definition) is 3. The number of nitrogens with one attached hydrogen (secondary N) is 1. The maximum absolute atomic E-state index is 13.2. The molecule has 0 fully saturated rings. The molecule has 0 spiro atoms. The molecule has 1 N–H and O–H groups in total. The van der Waals surface area contributed by atoms with E-state index in [1.54, 1.807) is 0 Å². The second-order valence-electron chi connectivity index (χ2n) is 4.76. The SMILES string of the molecule is CCCC(CCBr)CNC(=O)c1cc(F)ccc1[N+](=O)[O-]. The van der Waals surface area contributed by atoms with Crippen molar-refractivity contribution in [3.05, 3.63) is 39.7 Å². The zero-order valence-corrected chi connectivity index (χ0v) is 13.4. The third kappa shape index (κ3) is 5.41. The molecule has 0 radical (unpaired) electrons. The minimum Gasteiger partial charge on any atom is -0.352 e. The van der Waals surface area contributed by atoms with Crippen LogP contribution in [-0.2, 0) is 0 Å². The van der Waals surface area contributed by atoms with Crippen molar-refractivity contribution < 1.29 is 14.1 Å². The fourth-order valence-corrected chi connectivity index (χ4v) is 2.74. The van der Waals surface area contributed by atoms with Gasteiger partial charge in [0.1, 0.15) is 11.4 Å². The summed E-state index contributed by atoms with van der Waals surface area (Å²) >= 11 is 3.36. The Morgan fingerprint density at radius 2 is 2.19 bits per heavy atom. The molecule has 116 valence electrons. The van der Waals surface area contributed by atoms with Crippen molar-refractivity contribution in [2.45, 2.75) is 26.2 Å². The van der Waals surface area contributed by atoms with Crippen LogP contribution in [0.1, 0.15) is 36.5 Å². The van der Waals surface area contributed by atoms with Crippen LogP contribution in [0, 0.1) is 21.8 Å². The molecule has 1 unspecified atom stereocenters. The Morgan fingerprint density at radius 3 is 2.76 bits per heavy atom. The van der Waals surface area contributed by atoms with Gasteiger partial charge in [0.05, 0.1) is 4.92 Å². The highest BCUT2D eigenvalue weighted by molar-refractivity contribution is 9.09. The number of carbonyl (C=O) groups is 1. The molecule has 1 aromatic carbocycles. The topological polar surface area (TPSA) is 72.2 Å². The van der Waals surface area contributed by atoms with Crippen LogP contribution in [0.3, 0.4) is 0 Å². The molecule has 0 heterocycles. The van der Waals surface area contributed by atoms with E-state index in [9.17, 15) is 19.3 Å². The van der Waals surface area contributed by atoms with Gasteiger partial charge in [-0.3, -0.25) is 14.9 Å². The fraction of sp³-hybridized carbons (Fsp3) is 0.500. The number of nitro benzene ring substituents is 1. The molecule has 1 atom stereocenters. The zero-order chi connectivity index (χ0) is 15.8. The van der Waals surface area contributed by atoms with E-state index in [0.29, 0.717) is 12.5 Å². The molecule has 1 amide bonds. The van der Waals surface area contributed by atoms with Gasteiger partial charge in [-0.15, -0.1) is 0 Å². The molecular formula is C14H18BrFN2O3. The van der Waals surface area contributed by atoms with Crippen molar-refractivity contribution in [3.63, 3.8) is 0 Å². The molecule has 0 saturated heterocycles. The maximum Gasteiger partial charge on any atom is 0.282 e. The first-order valence-electron chi connectivity index (χ1n) is 6.77. The van der Waals surface area contributed by atoms with Crippen molar-refractivity contribution >= 4 is 27.5 Å². The number of alkyl halides is 1. The maximum atomic E-state index is 13.2. The number of hydrogen-bond donors (Lipinski definition) is 1. The van der Waals surface area contributed by atoms with E-state index in [0.717, 1.165) is 42.8 Å². The van der Waals surface area contributed by atoms with Crippen LogP contribution in [0.5, 0.6) is 0 Å². The van der Waals surface area contributed by atoms with Crippen LogP contribution in [0.15, 0.2) is 18.2 Å². The average molecular weight is 361 g/mol. The van der Waals surface area contributed by atoms with Crippen LogP contribution in [0.4, 0.5) is 10.1 Å². The number of benzene rings is 1. The molecule has 0 saturated carbocycles. The highest BCUT2D eigenvalue weighted by Gasteiger charge is 2.21. The molecule has 7 heteroatoms. The lowest BCUT2D eigenvalue weighted by atomic mass is 10.0. The van der Waals surface area contributed by atoms with Crippen LogP contribution < -0.4 is 5.32 Å². The van der Waals surface area contributed by atoms with E-state index in [1.807, 2.05) is 0 Å². The number of carbonyl (C=O) groups excluding carboxylic acids is 1. The molecular weight excluding hydrogens is 343 g/mol. The van der Waals surface area contributed by atoms with Gasteiger partial charge >= 0.3 is 0 Å². The lowest BCUT2D eigenvalue weighted by Gasteiger charge is -2.15. The molecule has 21 heavy (non-hydrogen) atoms. The number of nitro groups is 1. The van der Waals surface area contributed by atoms with Gasteiger partial charge < -0.3 is 5.32 Å².